The van der Waals surface area contributed by atoms with E-state index in [1.165, 1.54) is 4.90 Å². The molecule has 1 rings (SSSR count). The molecule has 1 aromatic carbocycles. The Morgan fingerprint density at radius 1 is 1.62 bits per heavy atom. The molecular formula is C11H13ClINO2. The van der Waals surface area contributed by atoms with Crippen molar-refractivity contribution >= 4 is 40.1 Å². The number of carbonyl (C=O) groups is 1. The lowest BCUT2D eigenvalue weighted by molar-refractivity contribution is 0.0702. The van der Waals surface area contributed by atoms with Gasteiger partial charge >= 0.3 is 0 Å². The highest BCUT2D eigenvalue weighted by atomic mass is 127. The summed E-state index contributed by atoms with van der Waals surface area (Å²) in [5, 5.41) is 9.76. The summed E-state index contributed by atoms with van der Waals surface area (Å²) in [5.41, 5.74) is 0.566. The van der Waals surface area contributed by atoms with Crippen molar-refractivity contribution in [1.82, 2.24) is 4.90 Å². The van der Waals surface area contributed by atoms with Crippen LogP contribution in [-0.4, -0.2) is 35.6 Å². The predicted octanol–water partition coefficient (Wildman–Crippen LogP) is 2.40. The maximum absolute atomic E-state index is 12.0. The second-order valence-electron chi connectivity index (χ2n) is 3.66. The van der Waals surface area contributed by atoms with E-state index in [0.717, 1.165) is 3.57 Å². The van der Waals surface area contributed by atoms with Crippen LogP contribution in [0.5, 0.6) is 0 Å². The van der Waals surface area contributed by atoms with Crippen molar-refractivity contribution in [2.24, 2.45) is 0 Å². The van der Waals surface area contributed by atoms with Gasteiger partial charge in [0.1, 0.15) is 0 Å². The summed E-state index contributed by atoms with van der Waals surface area (Å²) in [6.45, 7) is 1.95. The van der Waals surface area contributed by atoms with Gasteiger partial charge in [-0.05, 0) is 47.7 Å². The minimum absolute atomic E-state index is 0.132. The summed E-state index contributed by atoms with van der Waals surface area (Å²) in [7, 11) is 1.66. The zero-order valence-electron chi connectivity index (χ0n) is 9.08. The highest BCUT2D eigenvalue weighted by Gasteiger charge is 2.16. The molecule has 88 valence electrons. The summed E-state index contributed by atoms with van der Waals surface area (Å²) in [4.78, 5) is 13.5. The second-order valence-corrected chi connectivity index (χ2v) is 5.26. The van der Waals surface area contributed by atoms with Crippen LogP contribution >= 0.6 is 34.2 Å². The average molecular weight is 354 g/mol. The van der Waals surface area contributed by atoms with Gasteiger partial charge in [0.05, 0.1) is 11.7 Å². The first-order valence-corrected chi connectivity index (χ1v) is 6.26. The van der Waals surface area contributed by atoms with Crippen LogP contribution in [0, 0.1) is 3.57 Å². The minimum atomic E-state index is -0.536. The first-order chi connectivity index (χ1) is 7.41. The number of aliphatic hydroxyl groups is 1. The Morgan fingerprint density at radius 3 is 2.81 bits per heavy atom. The fourth-order valence-electron chi connectivity index (χ4n) is 1.35. The summed E-state index contributed by atoms with van der Waals surface area (Å²) >= 11 is 7.94. The minimum Gasteiger partial charge on any atom is -0.392 e. The third-order valence-electron chi connectivity index (χ3n) is 2.04. The van der Waals surface area contributed by atoms with Gasteiger partial charge in [0, 0.05) is 22.2 Å². The number of hydrogen-bond acceptors (Lipinski definition) is 2. The molecule has 16 heavy (non-hydrogen) atoms. The van der Waals surface area contributed by atoms with Crippen molar-refractivity contribution in [2.75, 3.05) is 13.6 Å². The number of likely N-dealkylation sites (N-methyl/N-ethyl adjacent to an activating group) is 1. The van der Waals surface area contributed by atoms with Gasteiger partial charge < -0.3 is 10.0 Å². The third kappa shape index (κ3) is 3.61. The number of rotatable bonds is 3. The average Bonchev–Trinajstić information content (AvgIpc) is 2.19. The van der Waals surface area contributed by atoms with Crippen LogP contribution in [0.1, 0.15) is 17.3 Å². The summed E-state index contributed by atoms with van der Waals surface area (Å²) in [6, 6.07) is 5.19. The van der Waals surface area contributed by atoms with E-state index < -0.39 is 6.10 Å². The quantitative estimate of drug-likeness (QED) is 0.848. The van der Waals surface area contributed by atoms with E-state index in [9.17, 15) is 9.90 Å². The summed E-state index contributed by atoms with van der Waals surface area (Å²) in [6.07, 6.45) is -0.536. The fourth-order valence-corrected chi connectivity index (χ4v) is 2.08. The van der Waals surface area contributed by atoms with Crippen LogP contribution in [0.15, 0.2) is 18.2 Å². The van der Waals surface area contributed by atoms with Crippen molar-refractivity contribution < 1.29 is 9.90 Å². The fraction of sp³-hybridized carbons (Fsp3) is 0.364. The van der Waals surface area contributed by atoms with Gasteiger partial charge in [-0.1, -0.05) is 11.6 Å². The molecular weight excluding hydrogens is 340 g/mol. The lowest BCUT2D eigenvalue weighted by Crippen LogP contribution is -2.33. The van der Waals surface area contributed by atoms with E-state index in [2.05, 4.69) is 22.6 Å². The van der Waals surface area contributed by atoms with Gasteiger partial charge in [-0.2, -0.15) is 0 Å². The molecule has 0 heterocycles. The third-order valence-corrected chi connectivity index (χ3v) is 3.22. The molecule has 0 spiro atoms. The number of amides is 1. The van der Waals surface area contributed by atoms with Gasteiger partial charge in [0.2, 0.25) is 0 Å². The Kier molecular flexibility index (Phi) is 5.01. The Morgan fingerprint density at radius 2 is 2.25 bits per heavy atom. The second kappa shape index (κ2) is 5.84. The molecule has 0 bridgehead atoms. The summed E-state index contributed by atoms with van der Waals surface area (Å²) in [5.74, 6) is -0.132. The summed E-state index contributed by atoms with van der Waals surface area (Å²) < 4.78 is 0.851. The highest BCUT2D eigenvalue weighted by molar-refractivity contribution is 14.1. The Bertz CT molecular complexity index is 396. The van der Waals surface area contributed by atoms with Crippen LogP contribution in [0.4, 0.5) is 0 Å². The maximum atomic E-state index is 12.0. The normalized spacial score (nSPS) is 12.3. The lowest BCUT2D eigenvalue weighted by atomic mass is 10.2. The highest BCUT2D eigenvalue weighted by Crippen LogP contribution is 2.19. The van der Waals surface area contributed by atoms with Crippen LogP contribution in [0.3, 0.4) is 0 Å². The smallest absolute Gasteiger partial charge is 0.254 e. The monoisotopic (exact) mass is 353 g/mol. The Balaban J connectivity index is 2.91. The molecule has 1 aromatic rings. The number of hydrogen-bond donors (Lipinski definition) is 1. The van der Waals surface area contributed by atoms with E-state index in [-0.39, 0.29) is 5.91 Å². The molecule has 0 aliphatic carbocycles. The molecule has 0 aromatic heterocycles. The van der Waals surface area contributed by atoms with Gasteiger partial charge in [0.15, 0.2) is 0 Å². The number of benzene rings is 1. The Hall–Kier alpha value is -0.330. The van der Waals surface area contributed by atoms with Crippen molar-refractivity contribution in [3.8, 4) is 0 Å². The number of aliphatic hydroxyl groups excluding tert-OH is 1. The molecule has 1 atom stereocenters. The topological polar surface area (TPSA) is 40.5 Å². The van der Waals surface area contributed by atoms with E-state index in [4.69, 9.17) is 11.6 Å². The number of carbonyl (C=O) groups excluding carboxylic acids is 1. The molecule has 0 radical (unpaired) electrons. The maximum Gasteiger partial charge on any atom is 0.254 e. The molecule has 1 unspecified atom stereocenters. The molecule has 5 heteroatoms. The molecule has 0 saturated heterocycles. The molecule has 1 N–H and O–H groups in total. The van der Waals surface area contributed by atoms with Gasteiger partial charge in [-0.3, -0.25) is 4.79 Å². The molecule has 0 aliphatic heterocycles. The number of nitrogens with zero attached hydrogens (tertiary/aromatic N) is 1. The molecule has 1 amide bonds. The van der Waals surface area contributed by atoms with Crippen LogP contribution in [0.25, 0.3) is 0 Å². The van der Waals surface area contributed by atoms with E-state index in [1.807, 2.05) is 0 Å². The van der Waals surface area contributed by atoms with Gasteiger partial charge in [-0.25, -0.2) is 0 Å². The molecule has 0 saturated carbocycles. The SMILES string of the molecule is CC(O)CN(C)C(=O)c1cc(Cl)ccc1I. The van der Waals surface area contributed by atoms with Gasteiger partial charge in [0.25, 0.3) is 5.91 Å². The largest absolute Gasteiger partial charge is 0.392 e. The first kappa shape index (κ1) is 13.7. The van der Waals surface area contributed by atoms with Crippen molar-refractivity contribution in [2.45, 2.75) is 13.0 Å². The van der Waals surface area contributed by atoms with Crippen molar-refractivity contribution in [1.29, 1.82) is 0 Å². The number of halogens is 2. The first-order valence-electron chi connectivity index (χ1n) is 4.80. The van der Waals surface area contributed by atoms with Crippen LogP contribution in [0.2, 0.25) is 5.02 Å². The van der Waals surface area contributed by atoms with Gasteiger partial charge in [-0.15, -0.1) is 0 Å². The van der Waals surface area contributed by atoms with Crippen molar-refractivity contribution in [3.63, 3.8) is 0 Å². The van der Waals surface area contributed by atoms with E-state index >= 15 is 0 Å². The van der Waals surface area contributed by atoms with Crippen LogP contribution < -0.4 is 0 Å². The molecule has 0 aliphatic rings. The zero-order valence-corrected chi connectivity index (χ0v) is 12.0. The Labute approximate surface area is 114 Å². The zero-order chi connectivity index (χ0) is 12.3. The molecule has 0 fully saturated rings. The predicted molar refractivity (Wildman–Crippen MR) is 72.8 cm³/mol. The van der Waals surface area contributed by atoms with Crippen molar-refractivity contribution in [3.05, 3.63) is 32.4 Å². The standard InChI is InChI=1S/C11H13ClINO2/c1-7(15)6-14(2)11(16)9-5-8(12)3-4-10(9)13/h3-5,7,15H,6H2,1-2H3. The van der Waals surface area contributed by atoms with Crippen LogP contribution in [-0.2, 0) is 0 Å². The lowest BCUT2D eigenvalue weighted by Gasteiger charge is -2.19. The van der Waals surface area contributed by atoms with E-state index in [1.54, 1.807) is 32.2 Å². The van der Waals surface area contributed by atoms with E-state index in [0.29, 0.717) is 17.1 Å². The molecule has 3 nitrogen and oxygen atoms in total.